The first-order chi connectivity index (χ1) is 6.82. The molecule has 1 rings (SSSR count). The van der Waals surface area contributed by atoms with E-state index in [9.17, 15) is 0 Å². The van der Waals surface area contributed by atoms with Gasteiger partial charge in [0.05, 0.1) is 0 Å². The quantitative estimate of drug-likeness (QED) is 0.564. The van der Waals surface area contributed by atoms with Crippen molar-refractivity contribution in [3.63, 3.8) is 0 Å². The molecule has 0 saturated heterocycles. The lowest BCUT2D eigenvalue weighted by molar-refractivity contribution is 0.589. The van der Waals surface area contributed by atoms with Gasteiger partial charge in [-0.2, -0.15) is 0 Å². The van der Waals surface area contributed by atoms with E-state index in [1.165, 1.54) is 22.3 Å². The van der Waals surface area contributed by atoms with Crippen LogP contribution in [-0.2, 0) is 5.41 Å². The molecule has 0 aromatic heterocycles. The third-order valence-corrected chi connectivity index (χ3v) is 2.79. The van der Waals surface area contributed by atoms with E-state index in [0.717, 1.165) is 0 Å². The Morgan fingerprint density at radius 2 is 1.13 bits per heavy atom. The lowest BCUT2D eigenvalue weighted by atomic mass is 9.84. The summed E-state index contributed by atoms with van der Waals surface area (Å²) in [4.78, 5) is 0. The van der Waals surface area contributed by atoms with Gasteiger partial charge in [0, 0.05) is 0 Å². The smallest absolute Gasteiger partial charge is 0.0132 e. The summed E-state index contributed by atoms with van der Waals surface area (Å²) in [6, 6.07) is 4.62. The van der Waals surface area contributed by atoms with Gasteiger partial charge < -0.3 is 0 Å². The molecule has 1 aromatic carbocycles. The normalized spacial score (nSPS) is 10.7. The molecule has 0 amide bonds. The average Bonchev–Trinajstić information content (AvgIpc) is 2.15. The molecule has 0 atom stereocenters. The number of rotatable bonds is 0. The standard InChI is InChI=1S/C13H20.C2H6/c1-9-7-12(13(4,5)6)8-10(2)11(9)3;1-2/h7-8H,1-6H3;1-2H3. The van der Waals surface area contributed by atoms with Crippen molar-refractivity contribution in [3.05, 3.63) is 34.4 Å². The van der Waals surface area contributed by atoms with E-state index in [-0.39, 0.29) is 5.41 Å². The highest BCUT2D eigenvalue weighted by Gasteiger charge is 2.14. The van der Waals surface area contributed by atoms with Gasteiger partial charge in [0.25, 0.3) is 0 Å². The molecule has 0 aliphatic heterocycles. The fraction of sp³-hybridized carbons (Fsp3) is 0.600. The van der Waals surface area contributed by atoms with Crippen LogP contribution in [0, 0.1) is 20.8 Å². The van der Waals surface area contributed by atoms with Crippen LogP contribution in [0.15, 0.2) is 12.1 Å². The summed E-state index contributed by atoms with van der Waals surface area (Å²) in [6.45, 7) is 17.4. The van der Waals surface area contributed by atoms with Crippen LogP contribution in [0.3, 0.4) is 0 Å². The number of aryl methyl sites for hydroxylation is 2. The highest BCUT2D eigenvalue weighted by molar-refractivity contribution is 5.39. The van der Waals surface area contributed by atoms with Gasteiger partial charge in [-0.05, 0) is 48.4 Å². The molecule has 0 bridgehead atoms. The maximum absolute atomic E-state index is 2.31. The Balaban J connectivity index is 0.000000921. The van der Waals surface area contributed by atoms with E-state index in [2.05, 4.69) is 53.7 Å². The summed E-state index contributed by atoms with van der Waals surface area (Å²) in [7, 11) is 0. The fourth-order valence-corrected chi connectivity index (χ4v) is 1.47. The second kappa shape index (κ2) is 5.34. The topological polar surface area (TPSA) is 0 Å². The zero-order valence-electron chi connectivity index (χ0n) is 11.7. The first-order valence-electron chi connectivity index (χ1n) is 5.90. The van der Waals surface area contributed by atoms with Crippen LogP contribution in [0.2, 0.25) is 0 Å². The molecular weight excluding hydrogens is 180 g/mol. The lowest BCUT2D eigenvalue weighted by Crippen LogP contribution is -2.12. The van der Waals surface area contributed by atoms with Crippen molar-refractivity contribution in [1.29, 1.82) is 0 Å². The van der Waals surface area contributed by atoms with Crippen LogP contribution in [0.1, 0.15) is 56.9 Å². The Bertz CT molecular complexity index is 290. The minimum absolute atomic E-state index is 0.267. The molecule has 0 aliphatic rings. The Labute approximate surface area is 95.7 Å². The third-order valence-electron chi connectivity index (χ3n) is 2.79. The second-order valence-corrected chi connectivity index (χ2v) is 4.99. The van der Waals surface area contributed by atoms with Gasteiger partial charge in [-0.1, -0.05) is 46.8 Å². The Hall–Kier alpha value is -0.780. The van der Waals surface area contributed by atoms with Crippen LogP contribution in [0.5, 0.6) is 0 Å². The summed E-state index contributed by atoms with van der Waals surface area (Å²) in [5.74, 6) is 0. The highest BCUT2D eigenvalue weighted by atomic mass is 14.2. The van der Waals surface area contributed by atoms with Crippen molar-refractivity contribution in [2.45, 2.75) is 60.8 Å². The van der Waals surface area contributed by atoms with Gasteiger partial charge >= 0.3 is 0 Å². The summed E-state index contributed by atoms with van der Waals surface area (Å²) >= 11 is 0. The lowest BCUT2D eigenvalue weighted by Gasteiger charge is -2.21. The SMILES string of the molecule is CC.Cc1cc(C(C)(C)C)cc(C)c1C. The Morgan fingerprint density at radius 3 is 1.40 bits per heavy atom. The van der Waals surface area contributed by atoms with E-state index in [1.54, 1.807) is 0 Å². The zero-order chi connectivity index (χ0) is 12.2. The monoisotopic (exact) mass is 206 g/mol. The second-order valence-electron chi connectivity index (χ2n) is 4.99. The minimum Gasteiger partial charge on any atom is -0.0683 e. The van der Waals surface area contributed by atoms with Gasteiger partial charge in [0.15, 0.2) is 0 Å². The van der Waals surface area contributed by atoms with E-state index < -0.39 is 0 Å². The molecule has 0 fully saturated rings. The summed E-state index contributed by atoms with van der Waals surface area (Å²) in [6.07, 6.45) is 0. The Kier molecular flexibility index (Phi) is 5.07. The number of hydrogen-bond donors (Lipinski definition) is 0. The van der Waals surface area contributed by atoms with Crippen LogP contribution in [0.25, 0.3) is 0 Å². The fourth-order valence-electron chi connectivity index (χ4n) is 1.47. The van der Waals surface area contributed by atoms with Gasteiger partial charge in [-0.15, -0.1) is 0 Å². The molecule has 0 radical (unpaired) electrons. The van der Waals surface area contributed by atoms with Gasteiger partial charge in [-0.25, -0.2) is 0 Å². The minimum atomic E-state index is 0.267. The highest BCUT2D eigenvalue weighted by Crippen LogP contribution is 2.26. The summed E-state index contributed by atoms with van der Waals surface area (Å²) in [5, 5.41) is 0. The van der Waals surface area contributed by atoms with E-state index in [0.29, 0.717) is 0 Å². The van der Waals surface area contributed by atoms with Gasteiger partial charge in [0.2, 0.25) is 0 Å². The molecule has 15 heavy (non-hydrogen) atoms. The molecule has 0 nitrogen and oxygen atoms in total. The van der Waals surface area contributed by atoms with Crippen molar-refractivity contribution in [1.82, 2.24) is 0 Å². The van der Waals surface area contributed by atoms with Crippen LogP contribution < -0.4 is 0 Å². The van der Waals surface area contributed by atoms with Gasteiger partial charge in [0.1, 0.15) is 0 Å². The van der Waals surface area contributed by atoms with Crippen molar-refractivity contribution in [3.8, 4) is 0 Å². The van der Waals surface area contributed by atoms with Crippen LogP contribution in [-0.4, -0.2) is 0 Å². The molecule has 0 N–H and O–H groups in total. The molecule has 0 aliphatic carbocycles. The molecule has 0 unspecified atom stereocenters. The Morgan fingerprint density at radius 1 is 0.800 bits per heavy atom. The predicted octanol–water partition coefficient (Wildman–Crippen LogP) is 4.94. The number of hydrogen-bond acceptors (Lipinski definition) is 0. The molecule has 1 aromatic rings. The van der Waals surface area contributed by atoms with E-state index >= 15 is 0 Å². The van der Waals surface area contributed by atoms with Crippen molar-refractivity contribution < 1.29 is 0 Å². The predicted molar refractivity (Wildman–Crippen MR) is 70.7 cm³/mol. The molecule has 0 spiro atoms. The maximum Gasteiger partial charge on any atom is -0.0132 e. The molecule has 0 heteroatoms. The van der Waals surface area contributed by atoms with Crippen LogP contribution in [0.4, 0.5) is 0 Å². The number of benzene rings is 1. The molecule has 0 saturated carbocycles. The molecule has 86 valence electrons. The van der Waals surface area contributed by atoms with E-state index in [4.69, 9.17) is 0 Å². The zero-order valence-corrected chi connectivity index (χ0v) is 11.7. The van der Waals surface area contributed by atoms with E-state index in [1.807, 2.05) is 13.8 Å². The first-order valence-corrected chi connectivity index (χ1v) is 5.90. The third kappa shape index (κ3) is 3.70. The largest absolute Gasteiger partial charge is 0.0683 e. The van der Waals surface area contributed by atoms with Crippen molar-refractivity contribution >= 4 is 0 Å². The maximum atomic E-state index is 2.31. The molecule has 0 heterocycles. The first kappa shape index (κ1) is 14.2. The van der Waals surface area contributed by atoms with Gasteiger partial charge in [-0.3, -0.25) is 0 Å². The molecular formula is C15H26. The average molecular weight is 206 g/mol. The van der Waals surface area contributed by atoms with Crippen molar-refractivity contribution in [2.75, 3.05) is 0 Å². The van der Waals surface area contributed by atoms with Crippen LogP contribution >= 0.6 is 0 Å². The summed E-state index contributed by atoms with van der Waals surface area (Å²) < 4.78 is 0. The van der Waals surface area contributed by atoms with Crippen molar-refractivity contribution in [2.24, 2.45) is 0 Å². The summed E-state index contributed by atoms with van der Waals surface area (Å²) in [5.41, 5.74) is 5.94.